The molecule has 4 rings (SSSR count). The van der Waals surface area contributed by atoms with Gasteiger partial charge in [-0.15, -0.1) is 11.3 Å². The van der Waals surface area contributed by atoms with Crippen molar-refractivity contribution in [2.75, 3.05) is 13.1 Å². The van der Waals surface area contributed by atoms with Gasteiger partial charge in [-0.3, -0.25) is 9.59 Å². The van der Waals surface area contributed by atoms with Crippen LogP contribution < -0.4 is 10.5 Å². The molecule has 6 heteroatoms. The van der Waals surface area contributed by atoms with Gasteiger partial charge in [0.25, 0.3) is 5.91 Å². The summed E-state index contributed by atoms with van der Waals surface area (Å²) in [5, 5.41) is 1.96. The number of benzene rings is 2. The Labute approximate surface area is 192 Å². The Hall–Kier alpha value is -3.38. The van der Waals surface area contributed by atoms with Gasteiger partial charge in [0.15, 0.2) is 0 Å². The monoisotopic (exact) mass is 446 g/mol. The summed E-state index contributed by atoms with van der Waals surface area (Å²) in [6.45, 7) is 1.48. The Morgan fingerprint density at radius 3 is 2.69 bits per heavy atom. The first-order valence-electron chi connectivity index (χ1n) is 10.7. The number of nitrogens with two attached hydrogens (primary N) is 1. The molecule has 0 radical (unpaired) electrons. The van der Waals surface area contributed by atoms with E-state index in [4.69, 9.17) is 10.5 Å². The second-order valence-electron chi connectivity index (χ2n) is 7.87. The first-order valence-corrected chi connectivity index (χ1v) is 11.6. The van der Waals surface area contributed by atoms with E-state index in [1.54, 1.807) is 4.90 Å². The molecule has 32 heavy (non-hydrogen) atoms. The van der Waals surface area contributed by atoms with Crippen LogP contribution in [-0.4, -0.2) is 29.8 Å². The first kappa shape index (κ1) is 21.8. The fraction of sp³-hybridized carbons (Fsp3) is 0.231. The smallest absolute Gasteiger partial charge is 0.255 e. The van der Waals surface area contributed by atoms with E-state index in [2.05, 4.69) is 0 Å². The normalized spacial score (nSPS) is 16.6. The molecule has 2 heterocycles. The minimum absolute atomic E-state index is 0.0750. The predicted molar refractivity (Wildman–Crippen MR) is 128 cm³/mol. The minimum Gasteiger partial charge on any atom is -0.489 e. The first-order chi connectivity index (χ1) is 15.6. The number of rotatable bonds is 7. The van der Waals surface area contributed by atoms with Crippen LogP contribution in [0.1, 0.15) is 28.8 Å². The number of carbonyl (C=O) groups is 2. The maximum absolute atomic E-state index is 13.4. The second kappa shape index (κ2) is 10.3. The Balaban J connectivity index is 1.56. The standard InChI is InChI=1S/C26H26N2O3S/c27-25(29)21-10-5-13-28(17-21)26(30)23(24-12-6-14-32-24)16-20-9-4-11-22(15-20)31-18-19-7-2-1-3-8-19/h1-4,6-9,11-12,14-16,21H,5,10,13,17-18H2,(H2,27,29)/b23-16+. The zero-order chi connectivity index (χ0) is 22.3. The lowest BCUT2D eigenvalue weighted by Crippen LogP contribution is -2.44. The van der Waals surface area contributed by atoms with Gasteiger partial charge in [0, 0.05) is 18.0 Å². The number of nitrogens with zero attached hydrogens (tertiary/aromatic N) is 1. The summed E-state index contributed by atoms with van der Waals surface area (Å²) in [4.78, 5) is 27.8. The van der Waals surface area contributed by atoms with Crippen molar-refractivity contribution in [2.24, 2.45) is 11.7 Å². The molecule has 2 N–H and O–H groups in total. The van der Waals surface area contributed by atoms with E-state index >= 15 is 0 Å². The van der Waals surface area contributed by atoms with Crippen molar-refractivity contribution < 1.29 is 14.3 Å². The van der Waals surface area contributed by atoms with E-state index in [0.717, 1.165) is 34.6 Å². The Bertz CT molecular complexity index is 1090. The SMILES string of the molecule is NC(=O)C1CCCN(C(=O)/C(=C/c2cccc(OCc3ccccc3)c2)c2cccs2)C1. The van der Waals surface area contributed by atoms with Crippen LogP contribution in [0.2, 0.25) is 0 Å². The van der Waals surface area contributed by atoms with Gasteiger partial charge in [-0.1, -0.05) is 48.5 Å². The quantitative estimate of drug-likeness (QED) is 0.540. The fourth-order valence-electron chi connectivity index (χ4n) is 3.84. The van der Waals surface area contributed by atoms with Crippen LogP contribution in [0.4, 0.5) is 0 Å². The maximum Gasteiger partial charge on any atom is 0.255 e. The third-order valence-corrected chi connectivity index (χ3v) is 6.45. The molecule has 3 aromatic rings. The highest BCUT2D eigenvalue weighted by Crippen LogP contribution is 2.28. The van der Waals surface area contributed by atoms with Crippen molar-refractivity contribution in [3.8, 4) is 5.75 Å². The summed E-state index contributed by atoms with van der Waals surface area (Å²) in [5.41, 5.74) is 8.10. The third-order valence-electron chi connectivity index (χ3n) is 5.55. The lowest BCUT2D eigenvalue weighted by Gasteiger charge is -2.31. The second-order valence-corrected chi connectivity index (χ2v) is 8.82. The van der Waals surface area contributed by atoms with Gasteiger partial charge < -0.3 is 15.4 Å². The number of ether oxygens (including phenoxy) is 1. The van der Waals surface area contributed by atoms with E-state index in [0.29, 0.717) is 25.3 Å². The number of piperidine rings is 1. The minimum atomic E-state index is -0.340. The number of thiophene rings is 1. The Morgan fingerprint density at radius 1 is 1.09 bits per heavy atom. The summed E-state index contributed by atoms with van der Waals surface area (Å²) >= 11 is 1.52. The van der Waals surface area contributed by atoms with E-state index < -0.39 is 0 Å². The van der Waals surface area contributed by atoms with Crippen LogP contribution in [0.15, 0.2) is 72.1 Å². The molecule has 2 aromatic carbocycles. The molecule has 0 bridgehead atoms. The zero-order valence-corrected chi connectivity index (χ0v) is 18.6. The molecule has 1 aliphatic rings. The van der Waals surface area contributed by atoms with E-state index in [9.17, 15) is 9.59 Å². The van der Waals surface area contributed by atoms with E-state index in [-0.39, 0.29) is 17.7 Å². The predicted octanol–water partition coefficient (Wildman–Crippen LogP) is 4.59. The van der Waals surface area contributed by atoms with Gasteiger partial charge in [0.2, 0.25) is 5.91 Å². The van der Waals surface area contributed by atoms with Gasteiger partial charge in [-0.25, -0.2) is 0 Å². The summed E-state index contributed by atoms with van der Waals surface area (Å²) in [7, 11) is 0. The van der Waals surface area contributed by atoms with Crippen LogP contribution in [0.25, 0.3) is 11.6 Å². The van der Waals surface area contributed by atoms with Crippen LogP contribution in [-0.2, 0) is 16.2 Å². The van der Waals surface area contributed by atoms with Crippen molar-refractivity contribution in [1.29, 1.82) is 0 Å². The van der Waals surface area contributed by atoms with Gasteiger partial charge in [0.1, 0.15) is 12.4 Å². The van der Waals surface area contributed by atoms with Gasteiger partial charge in [0.05, 0.1) is 11.5 Å². The summed E-state index contributed by atoms with van der Waals surface area (Å²) in [5.74, 6) is 0.0424. The highest BCUT2D eigenvalue weighted by atomic mass is 32.1. The van der Waals surface area contributed by atoms with Crippen LogP contribution in [0.5, 0.6) is 5.75 Å². The fourth-order valence-corrected chi connectivity index (χ4v) is 4.57. The molecule has 0 saturated carbocycles. The van der Waals surface area contributed by atoms with Gasteiger partial charge in [-0.05, 0) is 53.6 Å². The summed E-state index contributed by atoms with van der Waals surface area (Å²) < 4.78 is 5.95. The van der Waals surface area contributed by atoms with Crippen molar-refractivity contribution in [3.05, 3.63) is 88.1 Å². The molecule has 1 saturated heterocycles. The van der Waals surface area contributed by atoms with Crippen LogP contribution in [0, 0.1) is 5.92 Å². The average Bonchev–Trinajstić information content (AvgIpc) is 3.36. The van der Waals surface area contributed by atoms with Crippen molar-refractivity contribution in [1.82, 2.24) is 4.90 Å². The number of hydrogen-bond donors (Lipinski definition) is 1. The molecule has 5 nitrogen and oxygen atoms in total. The zero-order valence-electron chi connectivity index (χ0n) is 17.8. The van der Waals surface area contributed by atoms with Crippen molar-refractivity contribution in [3.63, 3.8) is 0 Å². The molecule has 1 fully saturated rings. The largest absolute Gasteiger partial charge is 0.489 e. The molecule has 1 aromatic heterocycles. The van der Waals surface area contributed by atoms with Crippen molar-refractivity contribution >= 4 is 34.8 Å². The number of carbonyl (C=O) groups excluding carboxylic acids is 2. The molecule has 1 atom stereocenters. The van der Waals surface area contributed by atoms with Gasteiger partial charge >= 0.3 is 0 Å². The molecule has 0 aliphatic carbocycles. The number of likely N-dealkylation sites (tertiary alicyclic amines) is 1. The maximum atomic E-state index is 13.4. The van der Waals surface area contributed by atoms with Gasteiger partial charge in [-0.2, -0.15) is 0 Å². The lowest BCUT2D eigenvalue weighted by atomic mass is 9.96. The molecular formula is C26H26N2O3S. The molecular weight excluding hydrogens is 420 g/mol. The Kier molecular flexibility index (Phi) is 7.02. The number of hydrogen-bond acceptors (Lipinski definition) is 4. The molecule has 1 aliphatic heterocycles. The average molecular weight is 447 g/mol. The highest BCUT2D eigenvalue weighted by molar-refractivity contribution is 7.11. The van der Waals surface area contributed by atoms with E-state index in [1.165, 1.54) is 11.3 Å². The summed E-state index contributed by atoms with van der Waals surface area (Å²) in [6, 6.07) is 21.6. The van der Waals surface area contributed by atoms with E-state index in [1.807, 2.05) is 78.2 Å². The molecule has 2 amide bonds. The topological polar surface area (TPSA) is 72.6 Å². The molecule has 164 valence electrons. The highest BCUT2D eigenvalue weighted by Gasteiger charge is 2.29. The lowest BCUT2D eigenvalue weighted by molar-refractivity contribution is -0.130. The third kappa shape index (κ3) is 5.45. The summed E-state index contributed by atoms with van der Waals surface area (Å²) in [6.07, 6.45) is 3.41. The van der Waals surface area contributed by atoms with Crippen LogP contribution >= 0.6 is 11.3 Å². The Morgan fingerprint density at radius 2 is 1.94 bits per heavy atom. The number of primary amides is 1. The molecule has 1 unspecified atom stereocenters. The number of amides is 2. The van der Waals surface area contributed by atoms with Crippen molar-refractivity contribution in [2.45, 2.75) is 19.4 Å². The van der Waals surface area contributed by atoms with Crippen LogP contribution in [0.3, 0.4) is 0 Å². The molecule has 0 spiro atoms.